The number of aryl methyl sites for hydroxylation is 1. The van der Waals surface area contributed by atoms with Gasteiger partial charge in [0.1, 0.15) is 11.5 Å². The minimum atomic E-state index is -0.447. The van der Waals surface area contributed by atoms with Gasteiger partial charge in [0.15, 0.2) is 5.65 Å². The molecule has 0 unspecified atom stereocenters. The Kier molecular flexibility index (Phi) is 5.12. The average Bonchev–Trinajstić information content (AvgIpc) is 3.35. The molecule has 1 spiro atoms. The largest absolute Gasteiger partial charge is 0.348 e. The van der Waals surface area contributed by atoms with Crippen LogP contribution in [0.5, 0.6) is 0 Å². The summed E-state index contributed by atoms with van der Waals surface area (Å²) in [6.45, 7) is 2.23. The Balaban J connectivity index is 1.26. The van der Waals surface area contributed by atoms with Crippen molar-refractivity contribution < 1.29 is 14.0 Å². The molecule has 2 aliphatic rings. The number of imidazole rings is 1. The minimum Gasteiger partial charge on any atom is -0.348 e. The zero-order valence-electron chi connectivity index (χ0n) is 17.6. The highest BCUT2D eigenvalue weighted by Crippen LogP contribution is 2.47. The number of rotatable bonds is 3. The fraction of sp³-hybridized carbons (Fsp3) is 0.391. The zero-order chi connectivity index (χ0) is 22.5. The summed E-state index contributed by atoms with van der Waals surface area (Å²) in [5.41, 5.74) is 1.60. The van der Waals surface area contributed by atoms with Crippen molar-refractivity contribution in [2.75, 3.05) is 11.4 Å². The lowest BCUT2D eigenvalue weighted by Crippen LogP contribution is -2.44. The number of nitrogens with one attached hydrogen (secondary N) is 1. The van der Waals surface area contributed by atoms with Gasteiger partial charge in [-0.25, -0.2) is 13.9 Å². The minimum absolute atomic E-state index is 0.0131. The third-order valence-corrected chi connectivity index (χ3v) is 7.12. The van der Waals surface area contributed by atoms with E-state index in [-0.39, 0.29) is 28.7 Å². The van der Waals surface area contributed by atoms with Crippen molar-refractivity contribution in [1.82, 2.24) is 19.9 Å². The van der Waals surface area contributed by atoms with Crippen LogP contribution < -0.4 is 10.2 Å². The molecular weight excluding hydrogens is 433 g/mol. The van der Waals surface area contributed by atoms with Crippen molar-refractivity contribution in [3.8, 4) is 0 Å². The number of amides is 2. The fourth-order valence-electron chi connectivity index (χ4n) is 4.92. The number of hydrogen-bond acceptors (Lipinski definition) is 4. The second-order valence-electron chi connectivity index (χ2n) is 8.72. The summed E-state index contributed by atoms with van der Waals surface area (Å²) < 4.78 is 15.3. The van der Waals surface area contributed by atoms with E-state index in [9.17, 15) is 14.0 Å². The maximum absolute atomic E-state index is 13.8. The molecule has 1 aliphatic carbocycles. The molecule has 9 heteroatoms. The monoisotopic (exact) mass is 455 g/mol. The predicted octanol–water partition coefficient (Wildman–Crippen LogP) is 3.93. The van der Waals surface area contributed by atoms with E-state index < -0.39 is 5.41 Å². The Morgan fingerprint density at radius 1 is 1.28 bits per heavy atom. The first-order valence-corrected chi connectivity index (χ1v) is 11.1. The second kappa shape index (κ2) is 7.85. The lowest BCUT2D eigenvalue weighted by molar-refractivity contribution is -0.127. The van der Waals surface area contributed by atoms with Gasteiger partial charge in [0.05, 0.1) is 22.3 Å². The molecule has 3 aromatic rings. The number of halogens is 2. The Hall–Kier alpha value is -3.00. The smallest absolute Gasteiger partial charge is 0.271 e. The van der Waals surface area contributed by atoms with Crippen LogP contribution in [0.2, 0.25) is 5.02 Å². The van der Waals surface area contributed by atoms with E-state index in [1.54, 1.807) is 36.2 Å². The first-order valence-electron chi connectivity index (χ1n) is 10.8. The highest BCUT2D eigenvalue weighted by Gasteiger charge is 2.49. The van der Waals surface area contributed by atoms with Crippen molar-refractivity contribution in [2.45, 2.75) is 45.1 Å². The number of anilines is 1. The van der Waals surface area contributed by atoms with Crippen LogP contribution in [0.1, 0.15) is 48.2 Å². The van der Waals surface area contributed by atoms with Gasteiger partial charge < -0.3 is 10.2 Å². The van der Waals surface area contributed by atoms with Gasteiger partial charge in [-0.3, -0.25) is 9.59 Å². The molecule has 2 aromatic heterocycles. The zero-order valence-corrected chi connectivity index (χ0v) is 18.4. The van der Waals surface area contributed by atoms with Crippen molar-refractivity contribution in [1.29, 1.82) is 0 Å². The van der Waals surface area contributed by atoms with Crippen LogP contribution >= 0.6 is 11.6 Å². The predicted molar refractivity (Wildman–Crippen MR) is 118 cm³/mol. The van der Waals surface area contributed by atoms with Crippen LogP contribution in [0, 0.1) is 18.2 Å². The van der Waals surface area contributed by atoms with Gasteiger partial charge in [-0.15, -0.1) is 0 Å². The molecule has 5 rings (SSSR count). The molecule has 7 nitrogen and oxygen atoms in total. The SMILES string of the molecule is Cc1cc(N2CC[C@]3(CC[C@@H](NC(=O)c4cnc5cccnn45)CC3)C2=O)c(Cl)cc1F. The van der Waals surface area contributed by atoms with Gasteiger partial charge in [-0.1, -0.05) is 11.6 Å². The summed E-state index contributed by atoms with van der Waals surface area (Å²) in [4.78, 5) is 32.0. The molecule has 1 saturated carbocycles. The van der Waals surface area contributed by atoms with Gasteiger partial charge in [0.25, 0.3) is 5.91 Å². The molecule has 3 heterocycles. The molecule has 1 aliphatic heterocycles. The van der Waals surface area contributed by atoms with Crippen molar-refractivity contribution in [3.05, 3.63) is 58.8 Å². The van der Waals surface area contributed by atoms with Gasteiger partial charge in [-0.2, -0.15) is 5.10 Å². The van der Waals surface area contributed by atoms with E-state index >= 15 is 0 Å². The first-order chi connectivity index (χ1) is 15.4. The van der Waals surface area contributed by atoms with Crippen molar-refractivity contribution in [2.24, 2.45) is 5.41 Å². The molecule has 2 amide bonds. The summed E-state index contributed by atoms with van der Waals surface area (Å²) in [7, 11) is 0. The third kappa shape index (κ3) is 3.43. The van der Waals surface area contributed by atoms with E-state index in [0.29, 0.717) is 54.8 Å². The van der Waals surface area contributed by atoms with E-state index in [2.05, 4.69) is 15.4 Å². The summed E-state index contributed by atoms with van der Waals surface area (Å²) in [6, 6.07) is 6.46. The number of aromatic nitrogens is 3. The fourth-order valence-corrected chi connectivity index (χ4v) is 5.17. The van der Waals surface area contributed by atoms with Gasteiger partial charge >= 0.3 is 0 Å². The molecule has 0 bridgehead atoms. The highest BCUT2D eigenvalue weighted by molar-refractivity contribution is 6.34. The van der Waals surface area contributed by atoms with Crippen LogP contribution in [0.3, 0.4) is 0 Å². The Bertz CT molecular complexity index is 1220. The Labute approximate surface area is 189 Å². The average molecular weight is 456 g/mol. The maximum atomic E-state index is 13.8. The first kappa shape index (κ1) is 20.9. The Morgan fingerprint density at radius 3 is 2.84 bits per heavy atom. The number of nitrogens with zero attached hydrogens (tertiary/aromatic N) is 4. The molecule has 0 radical (unpaired) electrons. The van der Waals surface area contributed by atoms with Crippen LogP contribution in [0.25, 0.3) is 5.65 Å². The van der Waals surface area contributed by atoms with E-state index in [0.717, 1.165) is 6.42 Å². The lowest BCUT2D eigenvalue weighted by Gasteiger charge is -2.36. The third-order valence-electron chi connectivity index (χ3n) is 6.82. The van der Waals surface area contributed by atoms with E-state index in [1.807, 2.05) is 0 Å². The van der Waals surface area contributed by atoms with Crippen LogP contribution in [0.4, 0.5) is 10.1 Å². The number of benzene rings is 1. The normalized spacial score (nSPS) is 23.3. The number of carbonyl (C=O) groups is 2. The van der Waals surface area contributed by atoms with Crippen molar-refractivity contribution in [3.63, 3.8) is 0 Å². The number of carbonyl (C=O) groups excluding carboxylic acids is 2. The van der Waals surface area contributed by atoms with Gasteiger partial charge in [0, 0.05) is 18.8 Å². The van der Waals surface area contributed by atoms with E-state index in [1.165, 1.54) is 16.8 Å². The summed E-state index contributed by atoms with van der Waals surface area (Å²) in [6.07, 6.45) is 6.68. The topological polar surface area (TPSA) is 79.6 Å². The molecule has 166 valence electrons. The molecule has 1 N–H and O–H groups in total. The summed E-state index contributed by atoms with van der Waals surface area (Å²) in [5.74, 6) is -0.552. The molecule has 2 fully saturated rings. The molecule has 1 saturated heterocycles. The van der Waals surface area contributed by atoms with E-state index in [4.69, 9.17) is 11.6 Å². The van der Waals surface area contributed by atoms with Gasteiger partial charge in [0.2, 0.25) is 5.91 Å². The van der Waals surface area contributed by atoms with Crippen molar-refractivity contribution >= 4 is 34.7 Å². The quantitative estimate of drug-likeness (QED) is 0.649. The molecule has 0 atom stereocenters. The van der Waals surface area contributed by atoms with Gasteiger partial charge in [-0.05, 0) is 68.9 Å². The Morgan fingerprint density at radius 2 is 2.06 bits per heavy atom. The molecule has 1 aromatic carbocycles. The molecule has 32 heavy (non-hydrogen) atoms. The lowest BCUT2D eigenvalue weighted by atomic mass is 9.71. The van der Waals surface area contributed by atoms with Crippen LogP contribution in [-0.2, 0) is 4.79 Å². The van der Waals surface area contributed by atoms with Crippen LogP contribution in [-0.4, -0.2) is 39.0 Å². The maximum Gasteiger partial charge on any atom is 0.271 e. The number of fused-ring (bicyclic) bond motifs is 1. The summed E-state index contributed by atoms with van der Waals surface area (Å²) in [5, 5.41) is 7.51. The number of hydrogen-bond donors (Lipinski definition) is 1. The molecular formula is C23H23ClFN5O2. The highest BCUT2D eigenvalue weighted by atomic mass is 35.5. The second-order valence-corrected chi connectivity index (χ2v) is 9.13. The standard InChI is InChI=1S/C23H23ClFN5O2/c1-14-11-18(16(24)12-17(14)25)29-10-8-23(22(29)32)6-4-15(5-7-23)28-21(31)19-13-26-20-3-2-9-27-30(19)20/h2-3,9,11-13,15H,4-8,10H2,1H3,(H,28,31)/t15-,23-. The summed E-state index contributed by atoms with van der Waals surface area (Å²) >= 11 is 6.25. The van der Waals surface area contributed by atoms with Crippen LogP contribution in [0.15, 0.2) is 36.7 Å².